The fourth-order valence-corrected chi connectivity index (χ4v) is 4.57. The number of hydrogen-bond donors (Lipinski definition) is 0. The molecule has 18 heavy (non-hydrogen) atoms. The second-order valence-electron chi connectivity index (χ2n) is 8.09. The van der Waals surface area contributed by atoms with Crippen molar-refractivity contribution in [2.45, 2.75) is 85.5 Å². The first-order valence-electron chi connectivity index (χ1n) is 8.50. The molecule has 0 heterocycles. The number of rotatable bonds is 2. The summed E-state index contributed by atoms with van der Waals surface area (Å²) in [5.74, 6) is 3.98. The van der Waals surface area contributed by atoms with Crippen molar-refractivity contribution in [1.82, 2.24) is 0 Å². The van der Waals surface area contributed by atoms with Gasteiger partial charge in [0.05, 0.1) is 0 Å². The highest BCUT2D eigenvalue weighted by Crippen LogP contribution is 2.48. The van der Waals surface area contributed by atoms with E-state index in [1.807, 2.05) is 0 Å². The molecular formula is C18H34. The first kappa shape index (κ1) is 14.4. The van der Waals surface area contributed by atoms with Gasteiger partial charge in [0, 0.05) is 0 Å². The molecule has 0 heteroatoms. The first-order valence-corrected chi connectivity index (χ1v) is 8.50. The van der Waals surface area contributed by atoms with Crippen molar-refractivity contribution in [3.8, 4) is 0 Å². The van der Waals surface area contributed by atoms with Crippen molar-refractivity contribution in [2.24, 2.45) is 29.1 Å². The predicted molar refractivity (Wildman–Crippen MR) is 80.6 cm³/mol. The van der Waals surface area contributed by atoms with E-state index in [9.17, 15) is 0 Å². The summed E-state index contributed by atoms with van der Waals surface area (Å²) >= 11 is 0. The van der Waals surface area contributed by atoms with Crippen LogP contribution in [0.2, 0.25) is 0 Å². The Bertz CT molecular complexity index is 245. The minimum atomic E-state index is 0.601. The molecule has 2 saturated carbocycles. The fraction of sp³-hybridized carbons (Fsp3) is 1.00. The standard InChI is InChI=1S/C18H34/c1-14-6-5-7-16(11-8-14)18(3,4)17-12-9-15(2)10-13-17/h14-17H,5-13H2,1-4H3. The zero-order valence-electron chi connectivity index (χ0n) is 13.2. The van der Waals surface area contributed by atoms with Gasteiger partial charge in [0.15, 0.2) is 0 Å². The van der Waals surface area contributed by atoms with Crippen molar-refractivity contribution in [3.05, 3.63) is 0 Å². The Morgan fingerprint density at radius 2 is 1.06 bits per heavy atom. The minimum absolute atomic E-state index is 0.601. The quantitative estimate of drug-likeness (QED) is 0.523. The van der Waals surface area contributed by atoms with Crippen LogP contribution in [0.25, 0.3) is 0 Å². The van der Waals surface area contributed by atoms with E-state index >= 15 is 0 Å². The minimum Gasteiger partial charge on any atom is -0.0625 e. The van der Waals surface area contributed by atoms with Crippen LogP contribution in [0.15, 0.2) is 0 Å². The lowest BCUT2D eigenvalue weighted by Crippen LogP contribution is -2.34. The maximum absolute atomic E-state index is 2.59. The third-order valence-electron chi connectivity index (χ3n) is 6.38. The molecule has 2 fully saturated rings. The lowest BCUT2D eigenvalue weighted by Gasteiger charge is -2.44. The SMILES string of the molecule is CC1CCCC(C(C)(C)C2CCC(C)CC2)CC1. The lowest BCUT2D eigenvalue weighted by atomic mass is 9.61. The second kappa shape index (κ2) is 5.97. The molecule has 2 rings (SSSR count). The molecule has 0 spiro atoms. The molecule has 0 saturated heterocycles. The van der Waals surface area contributed by atoms with E-state index in [0.29, 0.717) is 5.41 Å². The van der Waals surface area contributed by atoms with Crippen molar-refractivity contribution < 1.29 is 0 Å². The Morgan fingerprint density at radius 3 is 1.61 bits per heavy atom. The smallest absolute Gasteiger partial charge is 0.0298 e. The summed E-state index contributed by atoms with van der Waals surface area (Å²) in [5.41, 5.74) is 0.601. The van der Waals surface area contributed by atoms with Crippen LogP contribution in [0.4, 0.5) is 0 Å². The van der Waals surface area contributed by atoms with Gasteiger partial charge in [-0.3, -0.25) is 0 Å². The van der Waals surface area contributed by atoms with E-state index in [0.717, 1.165) is 23.7 Å². The van der Waals surface area contributed by atoms with Crippen LogP contribution in [0, 0.1) is 29.1 Å². The third-order valence-corrected chi connectivity index (χ3v) is 6.38. The molecule has 2 aliphatic carbocycles. The van der Waals surface area contributed by atoms with Gasteiger partial charge in [-0.05, 0) is 54.8 Å². The van der Waals surface area contributed by atoms with E-state index in [1.165, 1.54) is 57.8 Å². The zero-order valence-corrected chi connectivity index (χ0v) is 13.2. The van der Waals surface area contributed by atoms with E-state index < -0.39 is 0 Å². The fourth-order valence-electron chi connectivity index (χ4n) is 4.57. The summed E-state index contributed by atoms with van der Waals surface area (Å²) in [7, 11) is 0. The van der Waals surface area contributed by atoms with Crippen molar-refractivity contribution >= 4 is 0 Å². The molecule has 106 valence electrons. The maximum atomic E-state index is 2.59. The highest BCUT2D eigenvalue weighted by molar-refractivity contribution is 4.89. The van der Waals surface area contributed by atoms with Gasteiger partial charge >= 0.3 is 0 Å². The second-order valence-corrected chi connectivity index (χ2v) is 8.09. The molecule has 0 bridgehead atoms. The highest BCUT2D eigenvalue weighted by Gasteiger charge is 2.38. The van der Waals surface area contributed by atoms with E-state index in [2.05, 4.69) is 27.7 Å². The summed E-state index contributed by atoms with van der Waals surface area (Å²) < 4.78 is 0. The molecule has 0 nitrogen and oxygen atoms in total. The lowest BCUT2D eigenvalue weighted by molar-refractivity contribution is 0.0619. The molecule has 0 N–H and O–H groups in total. The van der Waals surface area contributed by atoms with Crippen LogP contribution in [-0.4, -0.2) is 0 Å². The summed E-state index contributed by atoms with van der Waals surface area (Å²) in [4.78, 5) is 0. The Kier molecular flexibility index (Phi) is 4.78. The molecule has 0 aromatic heterocycles. The first-order chi connectivity index (χ1) is 8.50. The molecule has 0 aliphatic heterocycles. The Labute approximate surface area is 115 Å². The van der Waals surface area contributed by atoms with Gasteiger partial charge in [-0.1, -0.05) is 59.8 Å². The molecule has 0 aromatic rings. The van der Waals surface area contributed by atoms with Gasteiger partial charge < -0.3 is 0 Å². The molecule has 2 aliphatic rings. The molecule has 0 radical (unpaired) electrons. The average molecular weight is 250 g/mol. The highest BCUT2D eigenvalue weighted by atomic mass is 14.4. The average Bonchev–Trinajstić information content (AvgIpc) is 2.55. The molecule has 2 unspecified atom stereocenters. The summed E-state index contributed by atoms with van der Waals surface area (Å²) in [6.45, 7) is 10.1. The number of hydrogen-bond acceptors (Lipinski definition) is 0. The Hall–Kier alpha value is 0. The van der Waals surface area contributed by atoms with Crippen LogP contribution in [0.1, 0.15) is 85.5 Å². The largest absolute Gasteiger partial charge is 0.0625 e. The Balaban J connectivity index is 1.96. The van der Waals surface area contributed by atoms with Crippen LogP contribution in [0.3, 0.4) is 0 Å². The predicted octanol–water partition coefficient (Wildman–Crippen LogP) is 6.06. The van der Waals surface area contributed by atoms with Crippen molar-refractivity contribution in [1.29, 1.82) is 0 Å². The maximum Gasteiger partial charge on any atom is -0.0298 e. The van der Waals surface area contributed by atoms with Gasteiger partial charge in [0.2, 0.25) is 0 Å². The van der Waals surface area contributed by atoms with Gasteiger partial charge in [-0.2, -0.15) is 0 Å². The molecule has 0 amide bonds. The summed E-state index contributed by atoms with van der Waals surface area (Å²) in [6, 6.07) is 0. The van der Waals surface area contributed by atoms with Gasteiger partial charge in [0.25, 0.3) is 0 Å². The molecule has 2 atom stereocenters. The van der Waals surface area contributed by atoms with Gasteiger partial charge in [0.1, 0.15) is 0 Å². The van der Waals surface area contributed by atoms with Crippen LogP contribution < -0.4 is 0 Å². The Morgan fingerprint density at radius 1 is 0.611 bits per heavy atom. The van der Waals surface area contributed by atoms with Crippen LogP contribution in [0.5, 0.6) is 0 Å². The van der Waals surface area contributed by atoms with E-state index in [1.54, 1.807) is 0 Å². The normalized spacial score (nSPS) is 39.3. The third kappa shape index (κ3) is 3.31. The molecular weight excluding hydrogens is 216 g/mol. The van der Waals surface area contributed by atoms with Gasteiger partial charge in [-0.25, -0.2) is 0 Å². The topological polar surface area (TPSA) is 0 Å². The summed E-state index contributed by atoms with van der Waals surface area (Å²) in [5, 5.41) is 0. The van der Waals surface area contributed by atoms with Crippen molar-refractivity contribution in [3.63, 3.8) is 0 Å². The molecule has 0 aromatic carbocycles. The van der Waals surface area contributed by atoms with E-state index in [4.69, 9.17) is 0 Å². The monoisotopic (exact) mass is 250 g/mol. The van der Waals surface area contributed by atoms with Crippen LogP contribution in [-0.2, 0) is 0 Å². The van der Waals surface area contributed by atoms with Crippen LogP contribution >= 0.6 is 0 Å². The van der Waals surface area contributed by atoms with E-state index in [-0.39, 0.29) is 0 Å². The van der Waals surface area contributed by atoms with Crippen molar-refractivity contribution in [2.75, 3.05) is 0 Å². The van der Waals surface area contributed by atoms with Gasteiger partial charge in [-0.15, -0.1) is 0 Å². The zero-order chi connectivity index (χ0) is 13.2. The summed E-state index contributed by atoms with van der Waals surface area (Å²) in [6.07, 6.45) is 13.4.